The molecule has 0 spiro atoms. The smallest absolute Gasteiger partial charge is 0.101 e. The van der Waals surface area contributed by atoms with Crippen molar-refractivity contribution in [3.05, 3.63) is 29.1 Å². The van der Waals surface area contributed by atoms with Crippen LogP contribution in [-0.4, -0.2) is 10.1 Å². The van der Waals surface area contributed by atoms with E-state index in [2.05, 4.69) is 4.98 Å². The van der Waals surface area contributed by atoms with Crippen molar-refractivity contribution in [2.24, 2.45) is 0 Å². The predicted molar refractivity (Wildman–Crippen MR) is 49.0 cm³/mol. The molecule has 0 bridgehead atoms. The lowest BCUT2D eigenvalue weighted by molar-refractivity contribution is 0.0737. The van der Waals surface area contributed by atoms with E-state index in [0.717, 1.165) is 17.0 Å². The molecule has 12 heavy (non-hydrogen) atoms. The van der Waals surface area contributed by atoms with Crippen molar-refractivity contribution in [3.8, 4) is 0 Å². The Morgan fingerprint density at radius 2 is 1.83 bits per heavy atom. The monoisotopic (exact) mass is 165 g/mol. The van der Waals surface area contributed by atoms with Gasteiger partial charge in [0.15, 0.2) is 0 Å². The van der Waals surface area contributed by atoms with E-state index >= 15 is 0 Å². The maximum absolute atomic E-state index is 9.64. The van der Waals surface area contributed by atoms with Gasteiger partial charge in [0.1, 0.15) is 5.60 Å². The second kappa shape index (κ2) is 2.87. The molecule has 1 aromatic heterocycles. The molecule has 0 saturated carbocycles. The van der Waals surface area contributed by atoms with Crippen molar-refractivity contribution in [1.29, 1.82) is 0 Å². The Labute approximate surface area is 73.3 Å². The molecule has 0 radical (unpaired) electrons. The second-order valence-corrected chi connectivity index (χ2v) is 3.66. The van der Waals surface area contributed by atoms with Crippen LogP contribution >= 0.6 is 0 Å². The quantitative estimate of drug-likeness (QED) is 0.689. The third kappa shape index (κ3) is 1.83. The molecule has 0 aromatic carbocycles. The molecular formula is C10H15NO. The van der Waals surface area contributed by atoms with E-state index in [0.29, 0.717) is 0 Å². The number of aliphatic hydroxyl groups is 1. The van der Waals surface area contributed by atoms with Crippen LogP contribution in [0.4, 0.5) is 0 Å². The average Bonchev–Trinajstić information content (AvgIpc) is 1.92. The van der Waals surface area contributed by atoms with Crippen LogP contribution in [0.2, 0.25) is 0 Å². The summed E-state index contributed by atoms with van der Waals surface area (Å²) in [6, 6.07) is 3.85. The SMILES string of the molecule is Cc1ccc(C(C)(C)O)nc1C. The summed E-state index contributed by atoms with van der Waals surface area (Å²) in [5.74, 6) is 0. The van der Waals surface area contributed by atoms with E-state index in [1.165, 1.54) is 0 Å². The van der Waals surface area contributed by atoms with Gasteiger partial charge >= 0.3 is 0 Å². The summed E-state index contributed by atoms with van der Waals surface area (Å²) < 4.78 is 0. The third-order valence-electron chi connectivity index (χ3n) is 1.98. The van der Waals surface area contributed by atoms with Crippen LogP contribution < -0.4 is 0 Å². The lowest BCUT2D eigenvalue weighted by Gasteiger charge is -2.17. The van der Waals surface area contributed by atoms with E-state index in [-0.39, 0.29) is 0 Å². The van der Waals surface area contributed by atoms with E-state index in [1.54, 1.807) is 13.8 Å². The topological polar surface area (TPSA) is 33.1 Å². The van der Waals surface area contributed by atoms with Crippen LogP contribution in [-0.2, 0) is 5.60 Å². The van der Waals surface area contributed by atoms with Crippen molar-refractivity contribution in [2.45, 2.75) is 33.3 Å². The van der Waals surface area contributed by atoms with E-state index in [9.17, 15) is 5.11 Å². The number of pyridine rings is 1. The van der Waals surface area contributed by atoms with Gasteiger partial charge in [0, 0.05) is 5.69 Å². The second-order valence-electron chi connectivity index (χ2n) is 3.66. The van der Waals surface area contributed by atoms with Crippen molar-refractivity contribution >= 4 is 0 Å². The van der Waals surface area contributed by atoms with Crippen LogP contribution in [0, 0.1) is 13.8 Å². The minimum absolute atomic E-state index is 0.727. The summed E-state index contributed by atoms with van der Waals surface area (Å²) in [5.41, 5.74) is 2.03. The van der Waals surface area contributed by atoms with Gasteiger partial charge in [0.05, 0.1) is 5.69 Å². The molecule has 0 atom stereocenters. The van der Waals surface area contributed by atoms with Crippen LogP contribution in [0.5, 0.6) is 0 Å². The molecule has 0 saturated heterocycles. The van der Waals surface area contributed by atoms with Gasteiger partial charge in [0.25, 0.3) is 0 Å². The number of aromatic nitrogens is 1. The molecular weight excluding hydrogens is 150 g/mol. The summed E-state index contributed by atoms with van der Waals surface area (Å²) >= 11 is 0. The molecule has 1 aromatic rings. The van der Waals surface area contributed by atoms with E-state index in [1.807, 2.05) is 26.0 Å². The van der Waals surface area contributed by atoms with Gasteiger partial charge in [-0.1, -0.05) is 6.07 Å². The van der Waals surface area contributed by atoms with Crippen molar-refractivity contribution in [1.82, 2.24) is 4.98 Å². The number of rotatable bonds is 1. The molecule has 0 amide bonds. The molecule has 2 heteroatoms. The van der Waals surface area contributed by atoms with Crippen molar-refractivity contribution in [2.75, 3.05) is 0 Å². The molecule has 66 valence electrons. The Balaban J connectivity index is 3.14. The van der Waals surface area contributed by atoms with Gasteiger partial charge in [0.2, 0.25) is 0 Å². The number of hydrogen-bond donors (Lipinski definition) is 1. The Hall–Kier alpha value is -0.890. The maximum atomic E-state index is 9.64. The molecule has 0 aliphatic carbocycles. The fourth-order valence-corrected chi connectivity index (χ4v) is 0.971. The van der Waals surface area contributed by atoms with E-state index in [4.69, 9.17) is 0 Å². The molecule has 1 heterocycles. The van der Waals surface area contributed by atoms with Crippen molar-refractivity contribution < 1.29 is 5.11 Å². The van der Waals surface area contributed by atoms with Crippen LogP contribution in [0.25, 0.3) is 0 Å². The first-order chi connectivity index (χ1) is 5.41. The zero-order valence-electron chi connectivity index (χ0n) is 8.05. The fourth-order valence-electron chi connectivity index (χ4n) is 0.971. The first-order valence-corrected chi connectivity index (χ1v) is 4.08. The molecule has 1 rings (SSSR count). The van der Waals surface area contributed by atoms with Gasteiger partial charge in [-0.15, -0.1) is 0 Å². The Kier molecular flexibility index (Phi) is 2.20. The third-order valence-corrected chi connectivity index (χ3v) is 1.98. The lowest BCUT2D eigenvalue weighted by Crippen LogP contribution is -2.17. The highest BCUT2D eigenvalue weighted by Gasteiger charge is 2.17. The fraction of sp³-hybridized carbons (Fsp3) is 0.500. The molecule has 0 aliphatic heterocycles. The van der Waals surface area contributed by atoms with Gasteiger partial charge < -0.3 is 5.11 Å². The van der Waals surface area contributed by atoms with Crippen LogP contribution in [0.15, 0.2) is 12.1 Å². The zero-order chi connectivity index (χ0) is 9.35. The molecule has 0 unspecified atom stereocenters. The first-order valence-electron chi connectivity index (χ1n) is 4.08. The van der Waals surface area contributed by atoms with Crippen molar-refractivity contribution in [3.63, 3.8) is 0 Å². The molecule has 2 nitrogen and oxygen atoms in total. The highest BCUT2D eigenvalue weighted by molar-refractivity contribution is 5.22. The average molecular weight is 165 g/mol. The summed E-state index contributed by atoms with van der Waals surface area (Å²) in [4.78, 5) is 4.29. The van der Waals surface area contributed by atoms with Gasteiger partial charge in [-0.3, -0.25) is 4.98 Å². The van der Waals surface area contributed by atoms with Crippen LogP contribution in [0.3, 0.4) is 0 Å². The maximum Gasteiger partial charge on any atom is 0.101 e. The van der Waals surface area contributed by atoms with Gasteiger partial charge in [-0.05, 0) is 39.3 Å². The number of nitrogens with zero attached hydrogens (tertiary/aromatic N) is 1. The van der Waals surface area contributed by atoms with Gasteiger partial charge in [-0.2, -0.15) is 0 Å². The summed E-state index contributed by atoms with van der Waals surface area (Å²) in [6.45, 7) is 7.44. The Morgan fingerprint density at radius 1 is 1.25 bits per heavy atom. The molecule has 1 N–H and O–H groups in total. The summed E-state index contributed by atoms with van der Waals surface area (Å²) in [5, 5.41) is 9.64. The minimum Gasteiger partial charge on any atom is -0.384 e. The number of aryl methyl sites for hydroxylation is 2. The van der Waals surface area contributed by atoms with Gasteiger partial charge in [-0.25, -0.2) is 0 Å². The number of hydrogen-bond acceptors (Lipinski definition) is 2. The molecule has 0 fully saturated rings. The largest absolute Gasteiger partial charge is 0.384 e. The lowest BCUT2D eigenvalue weighted by atomic mass is 10.0. The standard InChI is InChI=1S/C10H15NO/c1-7-5-6-9(10(3,4)12)11-8(7)2/h5-6,12H,1-4H3. The van der Waals surface area contributed by atoms with E-state index < -0.39 is 5.60 Å². The minimum atomic E-state index is -0.835. The predicted octanol–water partition coefficient (Wildman–Crippen LogP) is 1.93. The highest BCUT2D eigenvalue weighted by atomic mass is 16.3. The zero-order valence-corrected chi connectivity index (χ0v) is 8.05. The first kappa shape index (κ1) is 9.20. The Bertz CT molecular complexity index is 286. The Morgan fingerprint density at radius 3 is 2.25 bits per heavy atom. The van der Waals surface area contributed by atoms with Crippen LogP contribution in [0.1, 0.15) is 30.8 Å². The normalized spacial score (nSPS) is 11.8. The molecule has 0 aliphatic rings. The summed E-state index contributed by atoms with van der Waals surface area (Å²) in [7, 11) is 0. The summed E-state index contributed by atoms with van der Waals surface area (Å²) in [6.07, 6.45) is 0. The highest BCUT2D eigenvalue weighted by Crippen LogP contribution is 2.18.